The highest BCUT2D eigenvalue weighted by Crippen LogP contribution is 2.23. The molecule has 0 bridgehead atoms. The van der Waals surface area contributed by atoms with E-state index >= 15 is 0 Å². The lowest BCUT2D eigenvalue weighted by atomic mass is 10.1. The Balaban J connectivity index is 1.99. The summed E-state index contributed by atoms with van der Waals surface area (Å²) in [4.78, 5) is 15.5. The van der Waals surface area contributed by atoms with Gasteiger partial charge in [-0.15, -0.1) is 0 Å². The summed E-state index contributed by atoms with van der Waals surface area (Å²) in [6, 6.07) is 13.5. The van der Waals surface area contributed by atoms with E-state index in [9.17, 15) is 9.18 Å². The van der Waals surface area contributed by atoms with Gasteiger partial charge >= 0.3 is 0 Å². The normalized spacial score (nSPS) is 10.7. The van der Waals surface area contributed by atoms with Gasteiger partial charge in [0.25, 0.3) is 5.91 Å². The van der Waals surface area contributed by atoms with Crippen molar-refractivity contribution in [2.45, 2.75) is 6.92 Å². The van der Waals surface area contributed by atoms with Gasteiger partial charge in [-0.2, -0.15) is 0 Å². The first-order chi connectivity index (χ1) is 9.65. The Bertz CT molecular complexity index is 792. The highest BCUT2D eigenvalue weighted by Gasteiger charge is 2.15. The van der Waals surface area contributed by atoms with Crippen LogP contribution in [-0.2, 0) is 0 Å². The van der Waals surface area contributed by atoms with Crippen molar-refractivity contribution in [2.24, 2.45) is 0 Å². The van der Waals surface area contributed by atoms with Gasteiger partial charge in [-0.05, 0) is 31.2 Å². The van der Waals surface area contributed by atoms with Crippen LogP contribution in [0.25, 0.3) is 10.9 Å². The van der Waals surface area contributed by atoms with E-state index in [1.54, 1.807) is 12.1 Å². The Morgan fingerprint density at radius 3 is 2.75 bits per heavy atom. The highest BCUT2D eigenvalue weighted by molar-refractivity contribution is 6.13. The molecule has 3 rings (SSSR count). The molecule has 0 radical (unpaired) electrons. The molecule has 0 aliphatic rings. The largest absolute Gasteiger partial charge is 0.358 e. The lowest BCUT2D eigenvalue weighted by molar-refractivity contribution is 0.102. The molecule has 1 aromatic heterocycles. The van der Waals surface area contributed by atoms with Crippen molar-refractivity contribution < 1.29 is 9.18 Å². The number of benzene rings is 2. The molecule has 2 N–H and O–H groups in total. The quantitative estimate of drug-likeness (QED) is 0.728. The van der Waals surface area contributed by atoms with E-state index in [-0.39, 0.29) is 11.7 Å². The van der Waals surface area contributed by atoms with Gasteiger partial charge in [0.15, 0.2) is 0 Å². The number of rotatable bonds is 2. The number of carbonyl (C=O) groups excluding carboxylic acids is 1. The van der Waals surface area contributed by atoms with Crippen molar-refractivity contribution in [1.29, 1.82) is 0 Å². The van der Waals surface area contributed by atoms with E-state index in [0.29, 0.717) is 11.3 Å². The van der Waals surface area contributed by atoms with Crippen molar-refractivity contribution in [3.63, 3.8) is 0 Å². The number of aryl methyl sites for hydroxylation is 1. The second kappa shape index (κ2) is 4.81. The molecule has 0 spiro atoms. The topological polar surface area (TPSA) is 44.9 Å². The van der Waals surface area contributed by atoms with E-state index in [0.717, 1.165) is 16.6 Å². The number of H-pyrrole nitrogens is 1. The fourth-order valence-corrected chi connectivity index (χ4v) is 2.33. The summed E-state index contributed by atoms with van der Waals surface area (Å²) < 4.78 is 13.1. The Hall–Kier alpha value is -2.62. The number of hydrogen-bond donors (Lipinski definition) is 2. The molecule has 0 aliphatic heterocycles. The molecule has 0 aliphatic carbocycles. The van der Waals surface area contributed by atoms with Gasteiger partial charge < -0.3 is 10.3 Å². The SMILES string of the molecule is Cc1[nH]c2ccccc2c1C(=O)Nc1cccc(F)c1. The monoisotopic (exact) mass is 268 g/mol. The zero-order valence-corrected chi connectivity index (χ0v) is 10.9. The van der Waals surface area contributed by atoms with Crippen molar-refractivity contribution >= 4 is 22.5 Å². The molecule has 0 unspecified atom stereocenters. The van der Waals surface area contributed by atoms with Gasteiger partial charge in [-0.25, -0.2) is 4.39 Å². The summed E-state index contributed by atoms with van der Waals surface area (Å²) in [5, 5.41) is 3.58. The molecule has 3 nitrogen and oxygen atoms in total. The van der Waals surface area contributed by atoms with Crippen molar-refractivity contribution in [3.8, 4) is 0 Å². The van der Waals surface area contributed by atoms with Gasteiger partial charge in [-0.3, -0.25) is 4.79 Å². The Morgan fingerprint density at radius 2 is 1.95 bits per heavy atom. The fourth-order valence-electron chi connectivity index (χ4n) is 2.33. The number of carbonyl (C=O) groups is 1. The van der Waals surface area contributed by atoms with Gasteiger partial charge in [-0.1, -0.05) is 24.3 Å². The summed E-state index contributed by atoms with van der Waals surface area (Å²) in [6.45, 7) is 1.85. The van der Waals surface area contributed by atoms with Crippen LogP contribution in [0.15, 0.2) is 48.5 Å². The van der Waals surface area contributed by atoms with Crippen LogP contribution >= 0.6 is 0 Å². The third kappa shape index (κ3) is 2.16. The highest BCUT2D eigenvalue weighted by atomic mass is 19.1. The Kier molecular flexibility index (Phi) is 2.99. The number of aromatic amines is 1. The number of para-hydroxylation sites is 1. The first-order valence-electron chi connectivity index (χ1n) is 6.29. The summed E-state index contributed by atoms with van der Waals surface area (Å²) >= 11 is 0. The van der Waals surface area contributed by atoms with Crippen molar-refractivity contribution in [2.75, 3.05) is 5.32 Å². The van der Waals surface area contributed by atoms with Crippen LogP contribution in [0.4, 0.5) is 10.1 Å². The Labute approximate surface area is 115 Å². The molecule has 0 fully saturated rings. The average molecular weight is 268 g/mol. The van der Waals surface area contributed by atoms with Crippen LogP contribution in [0, 0.1) is 12.7 Å². The third-order valence-electron chi connectivity index (χ3n) is 3.20. The molecule has 1 amide bonds. The summed E-state index contributed by atoms with van der Waals surface area (Å²) in [5.41, 5.74) is 2.74. The first-order valence-corrected chi connectivity index (χ1v) is 6.29. The first kappa shape index (κ1) is 12.4. The molecule has 4 heteroatoms. The predicted molar refractivity (Wildman–Crippen MR) is 77.4 cm³/mol. The number of hydrogen-bond acceptors (Lipinski definition) is 1. The molecule has 2 aromatic carbocycles. The molecule has 1 heterocycles. The zero-order valence-electron chi connectivity index (χ0n) is 10.9. The van der Waals surface area contributed by atoms with Crippen LogP contribution in [-0.4, -0.2) is 10.9 Å². The zero-order chi connectivity index (χ0) is 14.1. The summed E-state index contributed by atoms with van der Waals surface area (Å²) in [7, 11) is 0. The lowest BCUT2D eigenvalue weighted by Gasteiger charge is -2.05. The van der Waals surface area contributed by atoms with Crippen LogP contribution < -0.4 is 5.32 Å². The maximum atomic E-state index is 13.1. The number of amides is 1. The Morgan fingerprint density at radius 1 is 1.15 bits per heavy atom. The van der Waals surface area contributed by atoms with E-state index in [4.69, 9.17) is 0 Å². The van der Waals surface area contributed by atoms with Gasteiger partial charge in [0, 0.05) is 22.3 Å². The number of anilines is 1. The minimum Gasteiger partial charge on any atom is -0.358 e. The molecule has 20 heavy (non-hydrogen) atoms. The van der Waals surface area contributed by atoms with Crippen molar-refractivity contribution in [3.05, 3.63) is 65.6 Å². The van der Waals surface area contributed by atoms with E-state index in [2.05, 4.69) is 10.3 Å². The van der Waals surface area contributed by atoms with Gasteiger partial charge in [0.2, 0.25) is 0 Å². The molecule has 0 saturated carbocycles. The molecule has 100 valence electrons. The number of fused-ring (bicyclic) bond motifs is 1. The van der Waals surface area contributed by atoms with E-state index in [1.165, 1.54) is 12.1 Å². The molecule has 3 aromatic rings. The second-order valence-electron chi connectivity index (χ2n) is 4.64. The minimum absolute atomic E-state index is 0.245. The smallest absolute Gasteiger partial charge is 0.258 e. The predicted octanol–water partition coefficient (Wildman–Crippen LogP) is 3.87. The van der Waals surface area contributed by atoms with Gasteiger partial charge in [0.05, 0.1) is 5.56 Å². The van der Waals surface area contributed by atoms with Crippen LogP contribution in [0.3, 0.4) is 0 Å². The van der Waals surface area contributed by atoms with E-state index in [1.807, 2.05) is 31.2 Å². The van der Waals surface area contributed by atoms with Gasteiger partial charge in [0.1, 0.15) is 5.82 Å². The molecular weight excluding hydrogens is 255 g/mol. The number of aromatic nitrogens is 1. The van der Waals surface area contributed by atoms with Crippen LogP contribution in [0.1, 0.15) is 16.1 Å². The second-order valence-corrected chi connectivity index (χ2v) is 4.64. The van der Waals surface area contributed by atoms with Crippen molar-refractivity contribution in [1.82, 2.24) is 4.98 Å². The lowest BCUT2D eigenvalue weighted by Crippen LogP contribution is -2.12. The molecule has 0 saturated heterocycles. The maximum Gasteiger partial charge on any atom is 0.258 e. The number of halogens is 1. The number of nitrogens with one attached hydrogen (secondary N) is 2. The summed E-state index contributed by atoms with van der Waals surface area (Å²) in [5.74, 6) is -0.621. The third-order valence-corrected chi connectivity index (χ3v) is 3.20. The minimum atomic E-state index is -0.376. The fraction of sp³-hybridized carbons (Fsp3) is 0.0625. The molecule has 0 atom stereocenters. The van der Waals surface area contributed by atoms with Crippen LogP contribution in [0.5, 0.6) is 0 Å². The average Bonchev–Trinajstić information content (AvgIpc) is 2.74. The standard InChI is InChI=1S/C16H13FN2O/c1-10-15(13-7-2-3-8-14(13)18-10)16(20)19-12-6-4-5-11(17)9-12/h2-9,18H,1H3,(H,19,20). The molecular formula is C16H13FN2O. The van der Waals surface area contributed by atoms with Crippen LogP contribution in [0.2, 0.25) is 0 Å². The summed E-state index contributed by atoms with van der Waals surface area (Å²) in [6.07, 6.45) is 0. The van der Waals surface area contributed by atoms with E-state index < -0.39 is 0 Å². The maximum absolute atomic E-state index is 13.1.